The minimum absolute atomic E-state index is 0.271. The lowest BCUT2D eigenvalue weighted by molar-refractivity contribution is 0.139. The van der Waals surface area contributed by atoms with Crippen LogP contribution < -0.4 is 5.73 Å². The number of nitrogens with zero attached hydrogens (tertiary/aromatic N) is 1. The van der Waals surface area contributed by atoms with Crippen molar-refractivity contribution in [1.82, 2.24) is 4.90 Å². The van der Waals surface area contributed by atoms with E-state index in [9.17, 15) is 8.42 Å². The standard InChI is InChI=1S/C10H22N2O2S/c1-9-8-12(4-3-10(9)7-11)5-6-15(2,13)14/h9-10H,3-8,11H2,1-2H3. The monoisotopic (exact) mass is 234 g/mol. The molecule has 1 heterocycles. The van der Waals surface area contributed by atoms with E-state index in [0.717, 1.165) is 26.1 Å². The van der Waals surface area contributed by atoms with Crippen LogP contribution in [0.15, 0.2) is 0 Å². The van der Waals surface area contributed by atoms with E-state index in [4.69, 9.17) is 5.73 Å². The van der Waals surface area contributed by atoms with Crippen molar-refractivity contribution < 1.29 is 8.42 Å². The highest BCUT2D eigenvalue weighted by Gasteiger charge is 2.24. The molecule has 1 rings (SSSR count). The van der Waals surface area contributed by atoms with E-state index in [0.29, 0.717) is 18.4 Å². The van der Waals surface area contributed by atoms with Crippen LogP contribution in [-0.2, 0) is 9.84 Å². The van der Waals surface area contributed by atoms with Gasteiger partial charge in [0.1, 0.15) is 9.84 Å². The Hall–Kier alpha value is -0.130. The van der Waals surface area contributed by atoms with Crippen molar-refractivity contribution in [3.05, 3.63) is 0 Å². The summed E-state index contributed by atoms with van der Waals surface area (Å²) < 4.78 is 22.1. The average molecular weight is 234 g/mol. The van der Waals surface area contributed by atoms with Crippen molar-refractivity contribution in [2.24, 2.45) is 17.6 Å². The van der Waals surface area contributed by atoms with E-state index in [1.807, 2.05) is 0 Å². The Bertz CT molecular complexity index is 290. The summed E-state index contributed by atoms with van der Waals surface area (Å²) in [6.45, 7) is 5.59. The molecule has 0 aromatic rings. The Morgan fingerprint density at radius 1 is 1.47 bits per heavy atom. The second-order valence-corrected chi connectivity index (χ2v) is 6.95. The highest BCUT2D eigenvalue weighted by atomic mass is 32.2. The molecule has 4 nitrogen and oxygen atoms in total. The third-order valence-electron chi connectivity index (χ3n) is 3.25. The van der Waals surface area contributed by atoms with Crippen LogP contribution in [0.1, 0.15) is 13.3 Å². The maximum Gasteiger partial charge on any atom is 0.148 e. The minimum Gasteiger partial charge on any atom is -0.330 e. The Labute approximate surface area is 92.7 Å². The summed E-state index contributed by atoms with van der Waals surface area (Å²) in [6, 6.07) is 0. The van der Waals surface area contributed by atoms with Crippen LogP contribution >= 0.6 is 0 Å². The summed E-state index contributed by atoms with van der Waals surface area (Å²) in [5.41, 5.74) is 5.67. The molecule has 1 aliphatic rings. The van der Waals surface area contributed by atoms with Gasteiger partial charge in [-0.15, -0.1) is 0 Å². The fourth-order valence-corrected chi connectivity index (χ4v) is 2.72. The molecular formula is C10H22N2O2S. The van der Waals surface area contributed by atoms with E-state index < -0.39 is 9.84 Å². The lowest BCUT2D eigenvalue weighted by Crippen LogP contribution is -2.43. The minimum atomic E-state index is -2.83. The number of hydrogen-bond donors (Lipinski definition) is 1. The molecule has 0 spiro atoms. The summed E-state index contributed by atoms with van der Waals surface area (Å²) in [7, 11) is -2.83. The summed E-state index contributed by atoms with van der Waals surface area (Å²) in [4.78, 5) is 2.23. The van der Waals surface area contributed by atoms with Crippen LogP contribution in [0.3, 0.4) is 0 Å². The molecule has 0 bridgehead atoms. The van der Waals surface area contributed by atoms with E-state index in [2.05, 4.69) is 11.8 Å². The van der Waals surface area contributed by atoms with Crippen LogP contribution in [0.4, 0.5) is 0 Å². The summed E-state index contributed by atoms with van der Waals surface area (Å²) in [5, 5.41) is 0. The molecule has 0 saturated carbocycles. The number of sulfone groups is 1. The molecule has 2 atom stereocenters. The van der Waals surface area contributed by atoms with Crippen molar-refractivity contribution in [2.75, 3.05) is 38.2 Å². The van der Waals surface area contributed by atoms with Crippen molar-refractivity contribution in [3.8, 4) is 0 Å². The fourth-order valence-electron chi connectivity index (χ4n) is 2.13. The molecule has 2 N–H and O–H groups in total. The lowest BCUT2D eigenvalue weighted by atomic mass is 9.87. The van der Waals surface area contributed by atoms with Crippen LogP contribution in [-0.4, -0.2) is 51.5 Å². The van der Waals surface area contributed by atoms with E-state index in [1.54, 1.807) is 0 Å². The van der Waals surface area contributed by atoms with Crippen molar-refractivity contribution in [2.45, 2.75) is 13.3 Å². The first-order valence-electron chi connectivity index (χ1n) is 5.52. The molecule has 2 unspecified atom stereocenters. The molecule has 1 saturated heterocycles. The molecule has 15 heavy (non-hydrogen) atoms. The van der Waals surface area contributed by atoms with Crippen LogP contribution in [0.2, 0.25) is 0 Å². The predicted molar refractivity (Wildman–Crippen MR) is 62.5 cm³/mol. The summed E-state index contributed by atoms with van der Waals surface area (Å²) in [5.74, 6) is 1.47. The predicted octanol–water partition coefficient (Wildman–Crippen LogP) is -0.0523. The molecule has 0 radical (unpaired) electrons. The summed E-state index contributed by atoms with van der Waals surface area (Å²) >= 11 is 0. The Morgan fingerprint density at radius 2 is 2.13 bits per heavy atom. The highest BCUT2D eigenvalue weighted by molar-refractivity contribution is 7.90. The molecule has 0 amide bonds. The summed E-state index contributed by atoms with van der Waals surface area (Å²) in [6.07, 6.45) is 2.39. The smallest absolute Gasteiger partial charge is 0.148 e. The van der Waals surface area contributed by atoms with Gasteiger partial charge in [0.15, 0.2) is 0 Å². The molecule has 0 aliphatic carbocycles. The normalized spacial score (nSPS) is 29.3. The average Bonchev–Trinajstić information content (AvgIpc) is 2.14. The van der Waals surface area contributed by atoms with Crippen molar-refractivity contribution in [1.29, 1.82) is 0 Å². The Kier molecular flexibility index (Phi) is 4.55. The SMILES string of the molecule is CC1CN(CCS(C)(=O)=O)CCC1CN. The van der Waals surface area contributed by atoms with Crippen molar-refractivity contribution in [3.63, 3.8) is 0 Å². The Balaban J connectivity index is 2.35. The van der Waals surface area contributed by atoms with E-state index in [-0.39, 0.29) is 5.75 Å². The third-order valence-corrected chi connectivity index (χ3v) is 4.17. The van der Waals surface area contributed by atoms with Gasteiger partial charge in [-0.2, -0.15) is 0 Å². The largest absolute Gasteiger partial charge is 0.330 e. The fraction of sp³-hybridized carbons (Fsp3) is 1.00. The first kappa shape index (κ1) is 12.9. The van der Waals surface area contributed by atoms with Gasteiger partial charge in [0.05, 0.1) is 5.75 Å². The van der Waals surface area contributed by atoms with Gasteiger partial charge in [0.2, 0.25) is 0 Å². The van der Waals surface area contributed by atoms with Crippen LogP contribution in [0.5, 0.6) is 0 Å². The molecule has 1 fully saturated rings. The molecule has 0 aromatic heterocycles. The number of rotatable bonds is 4. The van der Waals surface area contributed by atoms with Gasteiger partial charge < -0.3 is 10.6 Å². The quantitative estimate of drug-likeness (QED) is 0.740. The van der Waals surface area contributed by atoms with Crippen molar-refractivity contribution >= 4 is 9.84 Å². The zero-order valence-electron chi connectivity index (χ0n) is 9.65. The first-order chi connectivity index (χ1) is 6.92. The lowest BCUT2D eigenvalue weighted by Gasteiger charge is -2.36. The number of piperidine rings is 1. The highest BCUT2D eigenvalue weighted by Crippen LogP contribution is 2.21. The second-order valence-electron chi connectivity index (χ2n) is 4.69. The molecule has 5 heteroatoms. The van der Waals surface area contributed by atoms with Gasteiger partial charge in [-0.1, -0.05) is 6.92 Å². The topological polar surface area (TPSA) is 63.4 Å². The van der Waals surface area contributed by atoms with Crippen LogP contribution in [0.25, 0.3) is 0 Å². The van der Waals surface area contributed by atoms with Gasteiger partial charge in [-0.3, -0.25) is 0 Å². The van der Waals surface area contributed by atoms with Gasteiger partial charge in [-0.05, 0) is 31.3 Å². The zero-order chi connectivity index (χ0) is 11.5. The zero-order valence-corrected chi connectivity index (χ0v) is 10.5. The number of nitrogens with two attached hydrogens (primary N) is 1. The number of likely N-dealkylation sites (tertiary alicyclic amines) is 1. The van der Waals surface area contributed by atoms with Gasteiger partial charge >= 0.3 is 0 Å². The molecule has 90 valence electrons. The van der Waals surface area contributed by atoms with E-state index in [1.165, 1.54) is 6.26 Å². The van der Waals surface area contributed by atoms with E-state index >= 15 is 0 Å². The molecule has 0 aromatic carbocycles. The molecular weight excluding hydrogens is 212 g/mol. The maximum atomic E-state index is 11.0. The van der Waals surface area contributed by atoms with Gasteiger partial charge in [-0.25, -0.2) is 8.42 Å². The maximum absolute atomic E-state index is 11.0. The third kappa shape index (κ3) is 4.49. The second kappa shape index (κ2) is 5.27. The van der Waals surface area contributed by atoms with Gasteiger partial charge in [0, 0.05) is 19.3 Å². The van der Waals surface area contributed by atoms with Gasteiger partial charge in [0.25, 0.3) is 0 Å². The van der Waals surface area contributed by atoms with Crippen LogP contribution in [0, 0.1) is 11.8 Å². The number of hydrogen-bond acceptors (Lipinski definition) is 4. The first-order valence-corrected chi connectivity index (χ1v) is 7.58. The molecule has 1 aliphatic heterocycles. The Morgan fingerprint density at radius 3 is 2.60 bits per heavy atom.